The first-order valence-corrected chi connectivity index (χ1v) is 6.88. The topological polar surface area (TPSA) is 62.6 Å². The lowest BCUT2D eigenvalue weighted by atomic mass is 10.0. The van der Waals surface area contributed by atoms with Crippen molar-refractivity contribution < 1.29 is 14.5 Å². The number of imide groups is 1. The van der Waals surface area contributed by atoms with E-state index in [2.05, 4.69) is 17.6 Å². The fourth-order valence-corrected chi connectivity index (χ4v) is 2.30. The van der Waals surface area contributed by atoms with E-state index in [0.29, 0.717) is 24.9 Å². The predicted octanol–water partition coefficient (Wildman–Crippen LogP) is -0.217. The molecule has 0 radical (unpaired) electrons. The van der Waals surface area contributed by atoms with Gasteiger partial charge in [0.25, 0.3) is 5.91 Å². The zero-order valence-corrected chi connectivity index (χ0v) is 11.7. The minimum Gasteiger partial charge on any atom is -0.338 e. The lowest BCUT2D eigenvalue weighted by Gasteiger charge is -2.27. The van der Waals surface area contributed by atoms with Crippen molar-refractivity contribution >= 4 is 11.9 Å². The van der Waals surface area contributed by atoms with Crippen LogP contribution in [0.4, 0.5) is 4.79 Å². The van der Waals surface area contributed by atoms with Gasteiger partial charge in [0.05, 0.1) is 13.1 Å². The molecule has 3 N–H and O–H groups in total. The maximum absolute atomic E-state index is 11.7. The van der Waals surface area contributed by atoms with Crippen LogP contribution in [0, 0.1) is 11.8 Å². The van der Waals surface area contributed by atoms with Gasteiger partial charge >= 0.3 is 6.03 Å². The molecule has 1 rings (SSSR count). The molecule has 1 unspecified atom stereocenters. The van der Waals surface area contributed by atoms with Crippen LogP contribution in [0.5, 0.6) is 0 Å². The Morgan fingerprint density at radius 1 is 1.39 bits per heavy atom. The monoisotopic (exact) mass is 256 g/mol. The largest absolute Gasteiger partial charge is 0.338 e. The molecule has 5 nitrogen and oxygen atoms in total. The van der Waals surface area contributed by atoms with Crippen molar-refractivity contribution in [2.45, 2.75) is 33.6 Å². The zero-order chi connectivity index (χ0) is 13.5. The van der Waals surface area contributed by atoms with Gasteiger partial charge in [0, 0.05) is 12.5 Å². The van der Waals surface area contributed by atoms with E-state index in [1.54, 1.807) is 0 Å². The number of likely N-dealkylation sites (tertiary alicyclic amines) is 1. The Balaban J connectivity index is 2.22. The highest BCUT2D eigenvalue weighted by Crippen LogP contribution is 2.04. The van der Waals surface area contributed by atoms with Gasteiger partial charge in [-0.3, -0.25) is 10.1 Å². The number of amides is 3. The van der Waals surface area contributed by atoms with Gasteiger partial charge < -0.3 is 10.2 Å². The normalized spacial score (nSPS) is 23.8. The molecule has 0 aromatic carbocycles. The van der Waals surface area contributed by atoms with Gasteiger partial charge in [-0.1, -0.05) is 20.8 Å². The summed E-state index contributed by atoms with van der Waals surface area (Å²) in [7, 11) is 0. The molecule has 1 aliphatic heterocycles. The standard InChI is InChI=1S/C13H25N3O2/c1-10(2)7-14-13(18)15-12(17)9-16-6-4-5-11(3)8-16/h10-11H,4-9H2,1-3H3,(H2,14,15,17,18)/p+1/t11-/m0/s1. The molecule has 2 atom stereocenters. The molecule has 0 spiro atoms. The van der Waals surface area contributed by atoms with Crippen molar-refractivity contribution in [1.82, 2.24) is 10.6 Å². The van der Waals surface area contributed by atoms with E-state index in [1.807, 2.05) is 13.8 Å². The molecule has 0 aromatic heterocycles. The lowest BCUT2D eigenvalue weighted by molar-refractivity contribution is -0.900. The molecule has 18 heavy (non-hydrogen) atoms. The van der Waals surface area contributed by atoms with E-state index in [0.717, 1.165) is 13.1 Å². The van der Waals surface area contributed by atoms with Crippen molar-refractivity contribution in [2.24, 2.45) is 11.8 Å². The number of rotatable bonds is 4. The van der Waals surface area contributed by atoms with Crippen molar-refractivity contribution in [3.63, 3.8) is 0 Å². The molecule has 104 valence electrons. The second kappa shape index (κ2) is 7.36. The molecule has 0 saturated carbocycles. The van der Waals surface area contributed by atoms with Gasteiger partial charge in [0.2, 0.25) is 0 Å². The van der Waals surface area contributed by atoms with Crippen LogP contribution in [0.25, 0.3) is 0 Å². The van der Waals surface area contributed by atoms with Gasteiger partial charge in [-0.25, -0.2) is 4.79 Å². The SMILES string of the molecule is CC(C)CNC(=O)NC(=O)C[NH+]1CCC[C@H](C)C1. The number of urea groups is 1. The van der Waals surface area contributed by atoms with E-state index in [-0.39, 0.29) is 11.9 Å². The van der Waals surface area contributed by atoms with Gasteiger partial charge in [-0.05, 0) is 18.8 Å². The highest BCUT2D eigenvalue weighted by molar-refractivity contribution is 5.94. The number of hydrogen-bond donors (Lipinski definition) is 3. The third-order valence-electron chi connectivity index (χ3n) is 3.20. The average Bonchev–Trinajstić information content (AvgIpc) is 2.26. The molecule has 0 aromatic rings. The van der Waals surface area contributed by atoms with E-state index < -0.39 is 0 Å². The van der Waals surface area contributed by atoms with E-state index in [1.165, 1.54) is 17.7 Å². The maximum atomic E-state index is 11.7. The first-order chi connectivity index (χ1) is 8.47. The van der Waals surface area contributed by atoms with Crippen molar-refractivity contribution in [3.8, 4) is 0 Å². The molecule has 1 saturated heterocycles. The summed E-state index contributed by atoms with van der Waals surface area (Å²) in [5, 5.41) is 5.07. The second-order valence-corrected chi connectivity index (χ2v) is 5.78. The Kier molecular flexibility index (Phi) is 6.12. The molecule has 3 amide bonds. The number of nitrogens with one attached hydrogen (secondary N) is 3. The Hall–Kier alpha value is -1.10. The number of quaternary nitrogens is 1. The summed E-state index contributed by atoms with van der Waals surface area (Å²) < 4.78 is 0. The first kappa shape index (κ1) is 15.0. The summed E-state index contributed by atoms with van der Waals surface area (Å²) in [6.45, 7) is 9.30. The highest BCUT2D eigenvalue weighted by Gasteiger charge is 2.22. The third-order valence-corrected chi connectivity index (χ3v) is 3.20. The Morgan fingerprint density at radius 3 is 2.72 bits per heavy atom. The van der Waals surface area contributed by atoms with Crippen molar-refractivity contribution in [1.29, 1.82) is 0 Å². The Bertz CT molecular complexity index is 292. The molecular weight excluding hydrogens is 230 g/mol. The van der Waals surface area contributed by atoms with Gasteiger partial charge in [0.15, 0.2) is 6.54 Å². The molecule has 1 fully saturated rings. The number of carbonyl (C=O) groups excluding carboxylic acids is 2. The van der Waals surface area contributed by atoms with E-state index in [4.69, 9.17) is 0 Å². The first-order valence-electron chi connectivity index (χ1n) is 6.88. The van der Waals surface area contributed by atoms with Crippen LogP contribution in [-0.2, 0) is 4.79 Å². The molecule has 5 heteroatoms. The molecule has 0 bridgehead atoms. The van der Waals surface area contributed by atoms with Crippen LogP contribution in [0.2, 0.25) is 0 Å². The highest BCUT2D eigenvalue weighted by atomic mass is 16.2. The van der Waals surface area contributed by atoms with Crippen LogP contribution >= 0.6 is 0 Å². The average molecular weight is 256 g/mol. The lowest BCUT2D eigenvalue weighted by Crippen LogP contribution is -3.14. The number of hydrogen-bond acceptors (Lipinski definition) is 2. The quantitative estimate of drug-likeness (QED) is 0.651. The van der Waals surface area contributed by atoms with Crippen molar-refractivity contribution in [2.75, 3.05) is 26.2 Å². The van der Waals surface area contributed by atoms with Crippen LogP contribution in [-0.4, -0.2) is 38.1 Å². The summed E-state index contributed by atoms with van der Waals surface area (Å²) >= 11 is 0. The summed E-state index contributed by atoms with van der Waals surface area (Å²) in [5.41, 5.74) is 0. The summed E-state index contributed by atoms with van der Waals surface area (Å²) in [4.78, 5) is 24.4. The molecule has 1 heterocycles. The predicted molar refractivity (Wildman–Crippen MR) is 70.3 cm³/mol. The van der Waals surface area contributed by atoms with Crippen LogP contribution in [0.1, 0.15) is 33.6 Å². The van der Waals surface area contributed by atoms with Gasteiger partial charge in [0.1, 0.15) is 0 Å². The molecule has 0 aliphatic carbocycles. The van der Waals surface area contributed by atoms with Crippen LogP contribution in [0.3, 0.4) is 0 Å². The van der Waals surface area contributed by atoms with Crippen LogP contribution < -0.4 is 15.5 Å². The van der Waals surface area contributed by atoms with E-state index >= 15 is 0 Å². The maximum Gasteiger partial charge on any atom is 0.321 e. The van der Waals surface area contributed by atoms with Gasteiger partial charge in [-0.15, -0.1) is 0 Å². The summed E-state index contributed by atoms with van der Waals surface area (Å²) in [5.74, 6) is 0.885. The summed E-state index contributed by atoms with van der Waals surface area (Å²) in [6, 6.07) is -0.377. The van der Waals surface area contributed by atoms with Gasteiger partial charge in [-0.2, -0.15) is 0 Å². The number of carbonyl (C=O) groups is 2. The van der Waals surface area contributed by atoms with Crippen LogP contribution in [0.15, 0.2) is 0 Å². The van der Waals surface area contributed by atoms with E-state index in [9.17, 15) is 9.59 Å². The fourth-order valence-electron chi connectivity index (χ4n) is 2.30. The molecule has 1 aliphatic rings. The Labute approximate surface area is 109 Å². The second-order valence-electron chi connectivity index (χ2n) is 5.78. The van der Waals surface area contributed by atoms with Crippen molar-refractivity contribution in [3.05, 3.63) is 0 Å². The number of piperidine rings is 1. The zero-order valence-electron chi connectivity index (χ0n) is 11.7. The summed E-state index contributed by atoms with van der Waals surface area (Å²) in [6.07, 6.45) is 2.42. The minimum atomic E-state index is -0.377. The third kappa shape index (κ3) is 6.00. The molecular formula is C13H26N3O2+. The fraction of sp³-hybridized carbons (Fsp3) is 0.846. The smallest absolute Gasteiger partial charge is 0.321 e. The Morgan fingerprint density at radius 2 is 2.11 bits per heavy atom. The minimum absolute atomic E-state index is 0.180.